The molecule has 1 aromatic heterocycles. The van der Waals surface area contributed by atoms with Crippen LogP contribution in [0, 0.1) is 6.92 Å². The standard InChI is InChI=1S/C14H18N2O/c1-9(2)15-13-7-5-6-11-12(13)8-10(3)16-14(11)17-4/h5-9,15H,1-4H3. The van der Waals surface area contributed by atoms with Gasteiger partial charge in [-0.2, -0.15) is 0 Å². The van der Waals surface area contributed by atoms with Crippen molar-refractivity contribution < 1.29 is 4.74 Å². The highest BCUT2D eigenvalue weighted by Gasteiger charge is 2.08. The Kier molecular flexibility index (Phi) is 3.18. The summed E-state index contributed by atoms with van der Waals surface area (Å²) in [4.78, 5) is 4.39. The summed E-state index contributed by atoms with van der Waals surface area (Å²) in [5.41, 5.74) is 2.09. The molecule has 0 bridgehead atoms. The molecule has 0 amide bonds. The summed E-state index contributed by atoms with van der Waals surface area (Å²) in [6.45, 7) is 6.24. The molecule has 2 rings (SSSR count). The third kappa shape index (κ3) is 2.33. The van der Waals surface area contributed by atoms with Crippen LogP contribution in [0.15, 0.2) is 24.3 Å². The van der Waals surface area contributed by atoms with Crippen LogP contribution < -0.4 is 10.1 Å². The van der Waals surface area contributed by atoms with E-state index in [1.165, 1.54) is 0 Å². The molecule has 1 heterocycles. The van der Waals surface area contributed by atoms with Gasteiger partial charge in [-0.25, -0.2) is 4.98 Å². The molecule has 0 fully saturated rings. The number of anilines is 1. The summed E-state index contributed by atoms with van der Waals surface area (Å²) in [6, 6.07) is 8.63. The number of nitrogens with one attached hydrogen (secondary N) is 1. The Balaban J connectivity index is 2.66. The SMILES string of the molecule is COc1nc(C)cc2c(NC(C)C)cccc12. The van der Waals surface area contributed by atoms with Crippen LogP contribution in [0.3, 0.4) is 0 Å². The summed E-state index contributed by atoms with van der Waals surface area (Å²) in [6.07, 6.45) is 0. The zero-order valence-electron chi connectivity index (χ0n) is 10.7. The second-order valence-electron chi connectivity index (χ2n) is 4.47. The van der Waals surface area contributed by atoms with Crippen LogP contribution in [0.5, 0.6) is 5.88 Å². The van der Waals surface area contributed by atoms with Crippen molar-refractivity contribution in [3.63, 3.8) is 0 Å². The summed E-state index contributed by atoms with van der Waals surface area (Å²) in [7, 11) is 1.66. The first-order valence-corrected chi connectivity index (χ1v) is 5.82. The number of benzene rings is 1. The van der Waals surface area contributed by atoms with Crippen LogP contribution in [0.4, 0.5) is 5.69 Å². The Hall–Kier alpha value is -1.77. The molecule has 0 atom stereocenters. The van der Waals surface area contributed by atoms with E-state index < -0.39 is 0 Å². The van der Waals surface area contributed by atoms with Crippen molar-refractivity contribution in [2.24, 2.45) is 0 Å². The number of rotatable bonds is 3. The van der Waals surface area contributed by atoms with Gasteiger partial charge in [0.15, 0.2) is 0 Å². The van der Waals surface area contributed by atoms with E-state index in [9.17, 15) is 0 Å². The Morgan fingerprint density at radius 2 is 2.00 bits per heavy atom. The molecule has 3 heteroatoms. The lowest BCUT2D eigenvalue weighted by Crippen LogP contribution is -2.10. The summed E-state index contributed by atoms with van der Waals surface area (Å²) >= 11 is 0. The second kappa shape index (κ2) is 4.62. The van der Waals surface area contributed by atoms with E-state index in [1.807, 2.05) is 19.1 Å². The maximum absolute atomic E-state index is 5.33. The lowest BCUT2D eigenvalue weighted by molar-refractivity contribution is 0.402. The molecular weight excluding hydrogens is 212 g/mol. The monoisotopic (exact) mass is 230 g/mol. The van der Waals surface area contributed by atoms with Gasteiger partial charge in [0.05, 0.1) is 7.11 Å². The Morgan fingerprint density at radius 1 is 1.24 bits per heavy atom. The molecule has 0 saturated carbocycles. The molecule has 0 radical (unpaired) electrons. The molecule has 0 aliphatic heterocycles. The van der Waals surface area contributed by atoms with Gasteiger partial charge in [-0.15, -0.1) is 0 Å². The zero-order chi connectivity index (χ0) is 12.4. The number of aryl methyl sites for hydroxylation is 1. The van der Waals surface area contributed by atoms with Crippen molar-refractivity contribution in [1.82, 2.24) is 4.98 Å². The highest BCUT2D eigenvalue weighted by molar-refractivity contribution is 5.97. The van der Waals surface area contributed by atoms with Gasteiger partial charge in [-0.05, 0) is 39.0 Å². The van der Waals surface area contributed by atoms with Gasteiger partial charge in [0.2, 0.25) is 5.88 Å². The number of hydrogen-bond donors (Lipinski definition) is 1. The molecule has 0 spiro atoms. The minimum absolute atomic E-state index is 0.403. The van der Waals surface area contributed by atoms with Crippen molar-refractivity contribution in [2.45, 2.75) is 26.8 Å². The van der Waals surface area contributed by atoms with E-state index in [4.69, 9.17) is 4.74 Å². The zero-order valence-corrected chi connectivity index (χ0v) is 10.7. The van der Waals surface area contributed by atoms with Crippen molar-refractivity contribution in [3.8, 4) is 5.88 Å². The molecule has 90 valence electrons. The number of ether oxygens (including phenoxy) is 1. The van der Waals surface area contributed by atoms with E-state index >= 15 is 0 Å². The van der Waals surface area contributed by atoms with Gasteiger partial charge in [-0.3, -0.25) is 0 Å². The predicted octanol–water partition coefficient (Wildman–Crippen LogP) is 3.37. The van der Waals surface area contributed by atoms with E-state index in [1.54, 1.807) is 7.11 Å². The Labute approximate surface area is 102 Å². The van der Waals surface area contributed by atoms with Gasteiger partial charge >= 0.3 is 0 Å². The molecule has 0 aliphatic rings. The van der Waals surface area contributed by atoms with Crippen LogP contribution in [0.25, 0.3) is 10.8 Å². The van der Waals surface area contributed by atoms with E-state index in [2.05, 4.69) is 36.3 Å². The van der Waals surface area contributed by atoms with Gasteiger partial charge in [0.25, 0.3) is 0 Å². The molecule has 2 aromatic rings. The number of hydrogen-bond acceptors (Lipinski definition) is 3. The van der Waals surface area contributed by atoms with E-state index in [0.29, 0.717) is 11.9 Å². The quantitative estimate of drug-likeness (QED) is 0.877. The first-order valence-electron chi connectivity index (χ1n) is 5.82. The number of aromatic nitrogens is 1. The number of fused-ring (bicyclic) bond motifs is 1. The number of pyridine rings is 1. The van der Waals surface area contributed by atoms with Gasteiger partial charge < -0.3 is 10.1 Å². The molecule has 0 saturated heterocycles. The molecular formula is C14H18N2O. The van der Waals surface area contributed by atoms with Crippen molar-refractivity contribution in [2.75, 3.05) is 12.4 Å². The maximum atomic E-state index is 5.33. The fraction of sp³-hybridized carbons (Fsp3) is 0.357. The largest absolute Gasteiger partial charge is 0.481 e. The van der Waals surface area contributed by atoms with Gasteiger partial charge in [-0.1, -0.05) is 6.07 Å². The van der Waals surface area contributed by atoms with Gasteiger partial charge in [0, 0.05) is 28.2 Å². The molecule has 0 aliphatic carbocycles. The third-order valence-corrected chi connectivity index (χ3v) is 2.61. The Bertz CT molecular complexity index is 535. The smallest absolute Gasteiger partial charge is 0.221 e. The molecule has 1 N–H and O–H groups in total. The first-order chi connectivity index (χ1) is 8.11. The number of methoxy groups -OCH3 is 1. The summed E-state index contributed by atoms with van der Waals surface area (Å²) in [5, 5.41) is 5.65. The van der Waals surface area contributed by atoms with Crippen molar-refractivity contribution in [3.05, 3.63) is 30.0 Å². The van der Waals surface area contributed by atoms with Crippen LogP contribution in [0.1, 0.15) is 19.5 Å². The summed E-state index contributed by atoms with van der Waals surface area (Å²) in [5.74, 6) is 0.687. The average Bonchev–Trinajstić information content (AvgIpc) is 2.28. The molecule has 3 nitrogen and oxygen atoms in total. The molecule has 1 aromatic carbocycles. The average molecular weight is 230 g/mol. The molecule has 17 heavy (non-hydrogen) atoms. The first kappa shape index (κ1) is 11.7. The second-order valence-corrected chi connectivity index (χ2v) is 4.47. The van der Waals surface area contributed by atoms with Crippen LogP contribution >= 0.6 is 0 Å². The van der Waals surface area contributed by atoms with Crippen LogP contribution in [-0.2, 0) is 0 Å². The Morgan fingerprint density at radius 3 is 2.65 bits per heavy atom. The minimum Gasteiger partial charge on any atom is -0.481 e. The molecule has 0 unspecified atom stereocenters. The number of nitrogens with zero attached hydrogens (tertiary/aromatic N) is 1. The van der Waals surface area contributed by atoms with Crippen LogP contribution in [0.2, 0.25) is 0 Å². The minimum atomic E-state index is 0.403. The normalized spacial score (nSPS) is 10.9. The fourth-order valence-electron chi connectivity index (χ4n) is 1.96. The van der Waals surface area contributed by atoms with Crippen molar-refractivity contribution in [1.29, 1.82) is 0 Å². The van der Waals surface area contributed by atoms with Crippen molar-refractivity contribution >= 4 is 16.5 Å². The lowest BCUT2D eigenvalue weighted by atomic mass is 10.1. The van der Waals surface area contributed by atoms with E-state index in [0.717, 1.165) is 22.2 Å². The van der Waals surface area contributed by atoms with Crippen LogP contribution in [-0.4, -0.2) is 18.1 Å². The fourth-order valence-corrected chi connectivity index (χ4v) is 1.96. The summed E-state index contributed by atoms with van der Waals surface area (Å²) < 4.78 is 5.33. The lowest BCUT2D eigenvalue weighted by Gasteiger charge is -2.14. The maximum Gasteiger partial charge on any atom is 0.221 e. The topological polar surface area (TPSA) is 34.1 Å². The third-order valence-electron chi connectivity index (χ3n) is 2.61. The highest BCUT2D eigenvalue weighted by atomic mass is 16.5. The predicted molar refractivity (Wildman–Crippen MR) is 71.8 cm³/mol. The highest BCUT2D eigenvalue weighted by Crippen LogP contribution is 2.30. The van der Waals surface area contributed by atoms with E-state index in [-0.39, 0.29) is 0 Å². The van der Waals surface area contributed by atoms with Gasteiger partial charge in [0.1, 0.15) is 0 Å².